The number of nitrogens with zero attached hydrogens (tertiary/aromatic N) is 3. The van der Waals surface area contributed by atoms with Crippen molar-refractivity contribution in [3.05, 3.63) is 66.0 Å². The van der Waals surface area contributed by atoms with Crippen molar-refractivity contribution in [1.29, 1.82) is 0 Å². The van der Waals surface area contributed by atoms with E-state index < -0.39 is 0 Å². The molecule has 0 saturated carbocycles. The summed E-state index contributed by atoms with van der Waals surface area (Å²) in [7, 11) is 0. The van der Waals surface area contributed by atoms with Crippen LogP contribution in [0.5, 0.6) is 0 Å². The molecule has 0 spiro atoms. The molecule has 0 radical (unpaired) electrons. The maximum Gasteiger partial charge on any atom is 0.191 e. The average molecular weight is 493 g/mol. The Kier molecular flexibility index (Phi) is 10.3. The van der Waals surface area contributed by atoms with Crippen molar-refractivity contribution in [2.75, 3.05) is 32.7 Å². The van der Waals surface area contributed by atoms with E-state index in [9.17, 15) is 0 Å². The van der Waals surface area contributed by atoms with Crippen LogP contribution in [0, 0.1) is 0 Å². The maximum atomic E-state index is 4.90. The summed E-state index contributed by atoms with van der Waals surface area (Å²) in [5, 5.41) is 6.83. The van der Waals surface area contributed by atoms with Gasteiger partial charge in [-0.3, -0.25) is 14.9 Å². The van der Waals surface area contributed by atoms with Crippen LogP contribution in [0.1, 0.15) is 36.9 Å². The zero-order valence-corrected chi connectivity index (χ0v) is 19.0. The number of nitrogens with one attached hydrogen (secondary N) is 2. The van der Waals surface area contributed by atoms with Crippen LogP contribution in [0.25, 0.3) is 0 Å². The minimum absolute atomic E-state index is 0. The molecule has 1 aromatic carbocycles. The van der Waals surface area contributed by atoms with Crippen LogP contribution in [-0.2, 0) is 6.42 Å². The number of benzene rings is 1. The summed E-state index contributed by atoms with van der Waals surface area (Å²) >= 11 is 0. The highest BCUT2D eigenvalue weighted by Crippen LogP contribution is 2.25. The van der Waals surface area contributed by atoms with Crippen molar-refractivity contribution in [3.63, 3.8) is 0 Å². The molecular formula is C22H32IN5. The van der Waals surface area contributed by atoms with Gasteiger partial charge >= 0.3 is 0 Å². The Bertz CT molecular complexity index is 687. The first-order valence-corrected chi connectivity index (χ1v) is 10.1. The Morgan fingerprint density at radius 1 is 1.11 bits per heavy atom. The first-order valence-electron chi connectivity index (χ1n) is 10.1. The number of halogens is 1. The second-order valence-electron chi connectivity index (χ2n) is 6.93. The normalized spacial score (nSPS) is 15.7. The topological polar surface area (TPSA) is 52.6 Å². The third-order valence-electron chi connectivity index (χ3n) is 4.96. The lowest BCUT2D eigenvalue weighted by atomic mass is 10.1. The number of likely N-dealkylation sites (tertiary alicyclic amines) is 1. The molecular weight excluding hydrogens is 461 g/mol. The van der Waals surface area contributed by atoms with Gasteiger partial charge in [-0.25, -0.2) is 0 Å². The van der Waals surface area contributed by atoms with E-state index in [1.807, 2.05) is 18.5 Å². The molecule has 0 bridgehead atoms. The van der Waals surface area contributed by atoms with Gasteiger partial charge in [-0.15, -0.1) is 24.0 Å². The highest BCUT2D eigenvalue weighted by molar-refractivity contribution is 14.0. The van der Waals surface area contributed by atoms with Crippen LogP contribution in [0.15, 0.2) is 59.9 Å². The molecule has 152 valence electrons. The molecule has 1 aliphatic rings. The van der Waals surface area contributed by atoms with Crippen molar-refractivity contribution in [2.45, 2.75) is 32.2 Å². The molecule has 2 aromatic rings. The lowest BCUT2D eigenvalue weighted by Gasteiger charge is -2.27. The number of hydrogen-bond donors (Lipinski definition) is 2. The molecule has 1 atom stereocenters. The fourth-order valence-electron chi connectivity index (χ4n) is 3.55. The second-order valence-corrected chi connectivity index (χ2v) is 6.93. The summed E-state index contributed by atoms with van der Waals surface area (Å²) in [5.74, 6) is 0.890. The minimum Gasteiger partial charge on any atom is -0.357 e. The summed E-state index contributed by atoms with van der Waals surface area (Å²) in [6, 6.07) is 15.2. The highest BCUT2D eigenvalue weighted by atomic mass is 127. The molecule has 0 amide bonds. The lowest BCUT2D eigenvalue weighted by Crippen LogP contribution is -2.39. The van der Waals surface area contributed by atoms with E-state index in [0.717, 1.165) is 32.0 Å². The molecule has 2 heterocycles. The third kappa shape index (κ3) is 7.05. The smallest absolute Gasteiger partial charge is 0.191 e. The van der Waals surface area contributed by atoms with Gasteiger partial charge in [0.2, 0.25) is 0 Å². The van der Waals surface area contributed by atoms with Crippen molar-refractivity contribution < 1.29 is 0 Å². The number of pyridine rings is 1. The number of rotatable bonds is 8. The SMILES string of the molecule is CCNC(=NCC(c1ccccc1)N1CCCC1)NCCc1cccnc1.I. The lowest BCUT2D eigenvalue weighted by molar-refractivity contribution is 0.251. The molecule has 2 N–H and O–H groups in total. The molecule has 1 aliphatic heterocycles. The highest BCUT2D eigenvalue weighted by Gasteiger charge is 2.23. The summed E-state index contributed by atoms with van der Waals surface area (Å²) < 4.78 is 0. The van der Waals surface area contributed by atoms with Gasteiger partial charge in [0.25, 0.3) is 0 Å². The van der Waals surface area contributed by atoms with Crippen LogP contribution in [0.3, 0.4) is 0 Å². The van der Waals surface area contributed by atoms with E-state index >= 15 is 0 Å². The molecule has 3 rings (SSSR count). The van der Waals surface area contributed by atoms with E-state index in [4.69, 9.17) is 4.99 Å². The predicted octanol–water partition coefficient (Wildman–Crippen LogP) is 3.63. The predicted molar refractivity (Wildman–Crippen MR) is 127 cm³/mol. The van der Waals surface area contributed by atoms with Gasteiger partial charge in [-0.1, -0.05) is 36.4 Å². The van der Waals surface area contributed by atoms with Gasteiger partial charge in [-0.05, 0) is 56.5 Å². The summed E-state index contributed by atoms with van der Waals surface area (Å²) in [6.07, 6.45) is 7.24. The molecule has 1 fully saturated rings. The van der Waals surface area contributed by atoms with Crippen LogP contribution in [0.2, 0.25) is 0 Å². The van der Waals surface area contributed by atoms with E-state index in [-0.39, 0.29) is 24.0 Å². The number of aromatic nitrogens is 1. The maximum absolute atomic E-state index is 4.90. The van der Waals surface area contributed by atoms with Crippen LogP contribution >= 0.6 is 24.0 Å². The Hall–Kier alpha value is -1.67. The zero-order valence-electron chi connectivity index (χ0n) is 16.7. The Morgan fingerprint density at radius 3 is 2.57 bits per heavy atom. The standard InChI is InChI=1S/C22H31N5.HI/c1-2-24-22(25-14-12-19-9-8-13-23-17-19)26-18-21(27-15-6-7-16-27)20-10-4-3-5-11-20;/h3-5,8-11,13,17,21H,2,6-7,12,14-16,18H2,1H3,(H2,24,25,26);1H. The molecule has 28 heavy (non-hydrogen) atoms. The van der Waals surface area contributed by atoms with E-state index in [1.165, 1.54) is 37.1 Å². The Labute approximate surface area is 186 Å². The van der Waals surface area contributed by atoms with Gasteiger partial charge in [-0.2, -0.15) is 0 Å². The molecule has 0 aliphatic carbocycles. The van der Waals surface area contributed by atoms with Crippen molar-refractivity contribution in [3.8, 4) is 0 Å². The number of guanidine groups is 1. The van der Waals surface area contributed by atoms with Gasteiger partial charge in [0.15, 0.2) is 5.96 Å². The van der Waals surface area contributed by atoms with Gasteiger partial charge in [0.05, 0.1) is 12.6 Å². The molecule has 5 nitrogen and oxygen atoms in total. The summed E-state index contributed by atoms with van der Waals surface area (Å²) in [5.41, 5.74) is 2.59. The fraction of sp³-hybridized carbons (Fsp3) is 0.455. The monoisotopic (exact) mass is 493 g/mol. The van der Waals surface area contributed by atoms with Crippen LogP contribution < -0.4 is 10.6 Å². The van der Waals surface area contributed by atoms with Gasteiger partial charge < -0.3 is 10.6 Å². The quantitative estimate of drug-likeness (QED) is 0.335. The summed E-state index contributed by atoms with van der Waals surface area (Å²) in [6.45, 7) is 6.91. The molecule has 1 saturated heterocycles. The first kappa shape index (κ1) is 22.6. The minimum atomic E-state index is 0. The molecule has 1 aromatic heterocycles. The average Bonchev–Trinajstić information content (AvgIpc) is 3.24. The second kappa shape index (κ2) is 12.7. The number of hydrogen-bond acceptors (Lipinski definition) is 3. The van der Waals surface area contributed by atoms with Crippen molar-refractivity contribution >= 4 is 29.9 Å². The largest absolute Gasteiger partial charge is 0.357 e. The molecule has 1 unspecified atom stereocenters. The zero-order chi connectivity index (χ0) is 18.7. The number of aliphatic imine (C=N–C) groups is 1. The fourth-order valence-corrected chi connectivity index (χ4v) is 3.55. The van der Waals surface area contributed by atoms with E-state index in [0.29, 0.717) is 6.04 Å². The van der Waals surface area contributed by atoms with Crippen LogP contribution in [0.4, 0.5) is 0 Å². The first-order chi connectivity index (χ1) is 13.4. The van der Waals surface area contributed by atoms with Gasteiger partial charge in [0, 0.05) is 25.5 Å². The van der Waals surface area contributed by atoms with Crippen molar-refractivity contribution in [1.82, 2.24) is 20.5 Å². The van der Waals surface area contributed by atoms with Crippen LogP contribution in [-0.4, -0.2) is 48.6 Å². The van der Waals surface area contributed by atoms with E-state index in [2.05, 4.69) is 63.8 Å². The third-order valence-corrected chi connectivity index (χ3v) is 4.96. The van der Waals surface area contributed by atoms with Crippen molar-refractivity contribution in [2.24, 2.45) is 4.99 Å². The molecule has 6 heteroatoms. The summed E-state index contributed by atoms with van der Waals surface area (Å²) in [4.78, 5) is 11.6. The van der Waals surface area contributed by atoms with E-state index in [1.54, 1.807) is 0 Å². The Morgan fingerprint density at radius 2 is 1.89 bits per heavy atom. The van der Waals surface area contributed by atoms with Gasteiger partial charge in [0.1, 0.15) is 0 Å². The Balaban J connectivity index is 0.00000280.